The number of halogens is 1. The molecule has 0 saturated heterocycles. The van der Waals surface area contributed by atoms with Crippen molar-refractivity contribution in [3.05, 3.63) is 54.9 Å². The highest BCUT2D eigenvalue weighted by Crippen LogP contribution is 2.32. The van der Waals surface area contributed by atoms with Crippen molar-refractivity contribution in [2.24, 2.45) is 0 Å². The number of carbonyl (C=O) groups excluding carboxylic acids is 1. The molecule has 13 heteroatoms. The van der Waals surface area contributed by atoms with Crippen LogP contribution in [0.5, 0.6) is 0 Å². The highest BCUT2D eigenvalue weighted by Gasteiger charge is 2.15. The molecular formula is C21H22FN7O4S. The Hall–Kier alpha value is -3.97. The minimum absolute atomic E-state index is 0.201. The zero-order valence-electron chi connectivity index (χ0n) is 18.3. The van der Waals surface area contributed by atoms with E-state index in [1.54, 1.807) is 24.7 Å². The molecule has 3 aromatic heterocycles. The van der Waals surface area contributed by atoms with Crippen LogP contribution >= 0.6 is 0 Å². The zero-order chi connectivity index (χ0) is 24.7. The SMILES string of the molecule is CCNC(=O)Nc1nc2c(-c3ncccn3)cc(-c3cncc(F)c3)cc2[nH]1.CCS(=O)(=O)O. The first-order chi connectivity index (χ1) is 16.2. The molecule has 0 atom stereocenters. The molecule has 11 nitrogen and oxygen atoms in total. The Morgan fingerprint density at radius 2 is 1.82 bits per heavy atom. The fraction of sp³-hybridized carbons (Fsp3) is 0.190. The number of H-pyrrole nitrogens is 1. The number of benzene rings is 1. The number of aromatic nitrogens is 5. The molecule has 4 aromatic rings. The van der Waals surface area contributed by atoms with Crippen LogP contribution < -0.4 is 10.6 Å². The third-order valence-corrected chi connectivity index (χ3v) is 5.10. The predicted molar refractivity (Wildman–Crippen MR) is 125 cm³/mol. The van der Waals surface area contributed by atoms with E-state index in [4.69, 9.17) is 4.55 Å². The number of rotatable bonds is 5. The molecule has 0 fully saturated rings. The van der Waals surface area contributed by atoms with E-state index < -0.39 is 15.9 Å². The van der Waals surface area contributed by atoms with Gasteiger partial charge in [-0.25, -0.2) is 24.1 Å². The molecule has 4 rings (SSSR count). The highest BCUT2D eigenvalue weighted by molar-refractivity contribution is 7.85. The third-order valence-electron chi connectivity index (χ3n) is 4.37. The Bertz CT molecular complexity index is 1400. The molecule has 1 aromatic carbocycles. The summed E-state index contributed by atoms with van der Waals surface area (Å²) in [7, 11) is -3.66. The average molecular weight is 488 g/mol. The second kappa shape index (κ2) is 10.8. The van der Waals surface area contributed by atoms with Crippen molar-refractivity contribution in [3.8, 4) is 22.5 Å². The Kier molecular flexibility index (Phi) is 7.81. The van der Waals surface area contributed by atoms with Gasteiger partial charge in [-0.15, -0.1) is 0 Å². The summed E-state index contributed by atoms with van der Waals surface area (Å²) in [6.45, 7) is 3.68. The van der Waals surface area contributed by atoms with Crippen molar-refractivity contribution in [2.45, 2.75) is 13.8 Å². The molecule has 0 unspecified atom stereocenters. The van der Waals surface area contributed by atoms with Gasteiger partial charge in [0.2, 0.25) is 5.95 Å². The van der Waals surface area contributed by atoms with Crippen molar-refractivity contribution < 1.29 is 22.2 Å². The van der Waals surface area contributed by atoms with E-state index in [0.29, 0.717) is 34.5 Å². The maximum absolute atomic E-state index is 13.6. The normalized spacial score (nSPS) is 10.9. The van der Waals surface area contributed by atoms with Crippen molar-refractivity contribution in [1.82, 2.24) is 30.2 Å². The summed E-state index contributed by atoms with van der Waals surface area (Å²) in [5.41, 5.74) is 3.21. The van der Waals surface area contributed by atoms with E-state index in [9.17, 15) is 17.6 Å². The largest absolute Gasteiger partial charge is 0.338 e. The maximum Gasteiger partial charge on any atom is 0.321 e. The van der Waals surface area contributed by atoms with Gasteiger partial charge in [0.05, 0.1) is 17.5 Å². The predicted octanol–water partition coefficient (Wildman–Crippen LogP) is 3.26. The maximum atomic E-state index is 13.6. The Morgan fingerprint density at radius 3 is 2.44 bits per heavy atom. The number of aromatic amines is 1. The smallest absolute Gasteiger partial charge is 0.321 e. The van der Waals surface area contributed by atoms with E-state index in [2.05, 4.69) is 35.6 Å². The van der Waals surface area contributed by atoms with Gasteiger partial charge in [-0.2, -0.15) is 8.42 Å². The number of pyridine rings is 1. The molecule has 0 aliphatic heterocycles. The van der Waals surface area contributed by atoms with Crippen LogP contribution in [0.4, 0.5) is 15.1 Å². The molecule has 3 heterocycles. The van der Waals surface area contributed by atoms with Crippen molar-refractivity contribution in [2.75, 3.05) is 17.6 Å². The number of urea groups is 1. The second-order valence-electron chi connectivity index (χ2n) is 6.82. The number of imidazole rings is 1. The first-order valence-corrected chi connectivity index (χ1v) is 11.7. The second-order valence-corrected chi connectivity index (χ2v) is 8.57. The monoisotopic (exact) mass is 487 g/mol. The number of hydrogen-bond donors (Lipinski definition) is 4. The van der Waals surface area contributed by atoms with Crippen LogP contribution in [0, 0.1) is 5.82 Å². The van der Waals surface area contributed by atoms with Crippen molar-refractivity contribution >= 4 is 33.1 Å². The van der Waals surface area contributed by atoms with Gasteiger partial charge in [0, 0.05) is 36.3 Å². The Balaban J connectivity index is 0.000000481. The zero-order valence-corrected chi connectivity index (χ0v) is 19.1. The average Bonchev–Trinajstić information content (AvgIpc) is 3.21. The van der Waals surface area contributed by atoms with E-state index in [1.807, 2.05) is 19.1 Å². The molecule has 34 heavy (non-hydrogen) atoms. The van der Waals surface area contributed by atoms with Gasteiger partial charge >= 0.3 is 6.03 Å². The van der Waals surface area contributed by atoms with Gasteiger partial charge in [0.1, 0.15) is 11.3 Å². The molecule has 178 valence electrons. The van der Waals surface area contributed by atoms with Crippen molar-refractivity contribution in [1.29, 1.82) is 0 Å². The van der Waals surface area contributed by atoms with Crippen LogP contribution in [0.15, 0.2) is 49.1 Å². The van der Waals surface area contributed by atoms with Gasteiger partial charge < -0.3 is 10.3 Å². The van der Waals surface area contributed by atoms with Gasteiger partial charge in [0.25, 0.3) is 10.1 Å². The quantitative estimate of drug-likeness (QED) is 0.312. The van der Waals surface area contributed by atoms with E-state index >= 15 is 0 Å². The number of carbonyl (C=O) groups is 1. The lowest BCUT2D eigenvalue weighted by molar-refractivity contribution is 0.252. The summed E-state index contributed by atoms with van der Waals surface area (Å²) in [5.74, 6) is 0.119. The van der Waals surface area contributed by atoms with Gasteiger partial charge in [-0.1, -0.05) is 0 Å². The molecule has 0 bridgehead atoms. The third kappa shape index (κ3) is 6.52. The lowest BCUT2D eigenvalue weighted by atomic mass is 10.0. The summed E-state index contributed by atoms with van der Waals surface area (Å²) in [5, 5.41) is 5.29. The van der Waals surface area contributed by atoms with Gasteiger partial charge in [-0.3, -0.25) is 14.9 Å². The number of hydrogen-bond acceptors (Lipinski definition) is 7. The fourth-order valence-electron chi connectivity index (χ4n) is 2.83. The summed E-state index contributed by atoms with van der Waals surface area (Å²) < 4.78 is 40.6. The molecule has 0 aliphatic rings. The first-order valence-electron chi connectivity index (χ1n) is 10.1. The first kappa shape index (κ1) is 24.7. The van der Waals surface area contributed by atoms with Crippen LogP contribution in [-0.2, 0) is 10.1 Å². The molecular weight excluding hydrogens is 465 g/mol. The number of anilines is 1. The molecule has 0 radical (unpaired) electrons. The van der Waals surface area contributed by atoms with E-state index in [1.165, 1.54) is 13.0 Å². The van der Waals surface area contributed by atoms with Crippen LogP contribution in [0.1, 0.15) is 13.8 Å². The summed E-state index contributed by atoms with van der Waals surface area (Å²) in [6, 6.07) is 6.38. The Labute approximate surface area is 194 Å². The minimum Gasteiger partial charge on any atom is -0.338 e. The fourth-order valence-corrected chi connectivity index (χ4v) is 2.83. The number of fused-ring (bicyclic) bond motifs is 1. The van der Waals surface area contributed by atoms with Crippen LogP contribution in [-0.4, -0.2) is 56.2 Å². The summed E-state index contributed by atoms with van der Waals surface area (Å²) in [6.07, 6.45) is 5.98. The van der Waals surface area contributed by atoms with Crippen LogP contribution in [0.25, 0.3) is 33.5 Å². The van der Waals surface area contributed by atoms with Crippen LogP contribution in [0.3, 0.4) is 0 Å². The molecule has 0 aliphatic carbocycles. The lowest BCUT2D eigenvalue weighted by Crippen LogP contribution is -2.28. The van der Waals surface area contributed by atoms with Gasteiger partial charge in [-0.05, 0) is 43.7 Å². The molecule has 4 N–H and O–H groups in total. The Morgan fingerprint density at radius 1 is 1.12 bits per heavy atom. The molecule has 0 saturated carbocycles. The summed E-state index contributed by atoms with van der Waals surface area (Å²) in [4.78, 5) is 31.9. The van der Waals surface area contributed by atoms with Crippen molar-refractivity contribution in [3.63, 3.8) is 0 Å². The number of nitrogens with zero attached hydrogens (tertiary/aromatic N) is 4. The van der Waals surface area contributed by atoms with E-state index in [-0.39, 0.29) is 17.7 Å². The summed E-state index contributed by atoms with van der Waals surface area (Å²) >= 11 is 0. The molecule has 2 amide bonds. The van der Waals surface area contributed by atoms with E-state index in [0.717, 1.165) is 11.8 Å². The topological polar surface area (TPSA) is 163 Å². The molecule has 0 spiro atoms. The van der Waals surface area contributed by atoms with Crippen LogP contribution in [0.2, 0.25) is 0 Å². The number of amides is 2. The standard InChI is InChI=1S/C19H16FN7O.C2H6O3S/c1-2-22-19(28)27-18-25-15-8-11(12-6-13(20)10-21-9-12)7-14(16(15)26-18)17-23-4-3-5-24-17;1-2-6(3,4)5/h3-10H,2H2,1H3,(H3,22,25,26,27,28);2H2,1H3,(H,3,4,5). The number of nitrogens with one attached hydrogen (secondary N) is 3. The van der Waals surface area contributed by atoms with Gasteiger partial charge in [0.15, 0.2) is 5.82 Å². The lowest BCUT2D eigenvalue weighted by Gasteiger charge is -2.06. The highest BCUT2D eigenvalue weighted by atomic mass is 32.2. The minimum atomic E-state index is -3.66.